The molecule has 1 rings (SSSR count). The van der Waals surface area contributed by atoms with E-state index in [-0.39, 0.29) is 13.4 Å². The van der Waals surface area contributed by atoms with Crippen LogP contribution < -0.4 is 4.74 Å². The van der Waals surface area contributed by atoms with Gasteiger partial charge in [0.25, 0.3) is 0 Å². The van der Waals surface area contributed by atoms with Crippen LogP contribution in [0.3, 0.4) is 0 Å². The van der Waals surface area contributed by atoms with E-state index >= 15 is 0 Å². The normalized spacial score (nSPS) is 10.1. The first-order valence-corrected chi connectivity index (χ1v) is 4.16. The van der Waals surface area contributed by atoms with Crippen LogP contribution in [0, 0.1) is 0 Å². The van der Waals surface area contributed by atoms with Gasteiger partial charge in [-0.25, -0.2) is 0 Å². The molecule has 72 valence electrons. The summed E-state index contributed by atoms with van der Waals surface area (Å²) >= 11 is 5.85. The average Bonchev–Trinajstić information content (AvgIpc) is 2.16. The number of hydrogen-bond acceptors (Lipinski definition) is 3. The van der Waals surface area contributed by atoms with Crippen molar-refractivity contribution in [2.75, 3.05) is 13.9 Å². The third kappa shape index (κ3) is 2.88. The van der Waals surface area contributed by atoms with Gasteiger partial charge >= 0.3 is 0 Å². The molecule has 3 nitrogen and oxygen atoms in total. The van der Waals surface area contributed by atoms with Gasteiger partial charge < -0.3 is 14.6 Å². The van der Waals surface area contributed by atoms with E-state index < -0.39 is 0 Å². The molecular formula is C9H11ClO3. The molecule has 0 aliphatic rings. The van der Waals surface area contributed by atoms with Gasteiger partial charge in [-0.15, -0.1) is 0 Å². The molecule has 4 heteroatoms. The van der Waals surface area contributed by atoms with Crippen molar-refractivity contribution in [2.24, 2.45) is 0 Å². The Labute approximate surface area is 81.9 Å². The van der Waals surface area contributed by atoms with Crippen LogP contribution in [0.25, 0.3) is 0 Å². The Kier molecular flexibility index (Phi) is 4.02. The fourth-order valence-corrected chi connectivity index (χ4v) is 1.14. The maximum atomic E-state index is 8.80. The molecule has 1 N–H and O–H groups in total. The van der Waals surface area contributed by atoms with Crippen LogP contribution in [0.1, 0.15) is 5.56 Å². The first-order chi connectivity index (χ1) is 6.27. The van der Waals surface area contributed by atoms with Gasteiger partial charge in [0.05, 0.1) is 11.6 Å². The number of ether oxygens (including phenoxy) is 2. The molecule has 0 atom stereocenters. The minimum Gasteiger partial charge on any atom is -0.466 e. The monoisotopic (exact) mass is 202 g/mol. The summed E-state index contributed by atoms with van der Waals surface area (Å²) in [7, 11) is 1.54. The number of aliphatic hydroxyl groups is 1. The fourth-order valence-electron chi connectivity index (χ4n) is 0.882. The summed E-state index contributed by atoms with van der Waals surface area (Å²) in [5, 5.41) is 9.28. The highest BCUT2D eigenvalue weighted by atomic mass is 35.5. The van der Waals surface area contributed by atoms with Crippen LogP contribution >= 0.6 is 11.6 Å². The summed E-state index contributed by atoms with van der Waals surface area (Å²) < 4.78 is 9.88. The van der Waals surface area contributed by atoms with Crippen LogP contribution in [0.2, 0.25) is 5.02 Å². The van der Waals surface area contributed by atoms with Gasteiger partial charge in [0.15, 0.2) is 6.79 Å². The zero-order valence-electron chi connectivity index (χ0n) is 7.29. The summed E-state index contributed by atoms with van der Waals surface area (Å²) in [4.78, 5) is 0. The van der Waals surface area contributed by atoms with Crippen molar-refractivity contribution in [3.05, 3.63) is 28.8 Å². The number of hydrogen-bond donors (Lipinski definition) is 1. The quantitative estimate of drug-likeness (QED) is 0.757. The van der Waals surface area contributed by atoms with Crippen LogP contribution in [0.15, 0.2) is 18.2 Å². The summed E-state index contributed by atoms with van der Waals surface area (Å²) in [6.07, 6.45) is 0. The molecule has 0 spiro atoms. The summed E-state index contributed by atoms with van der Waals surface area (Å²) in [5.41, 5.74) is 0.759. The Bertz CT molecular complexity index is 276. The molecule has 0 fully saturated rings. The van der Waals surface area contributed by atoms with Crippen molar-refractivity contribution in [1.82, 2.24) is 0 Å². The van der Waals surface area contributed by atoms with E-state index in [2.05, 4.69) is 0 Å². The molecule has 1 aromatic rings. The minimum absolute atomic E-state index is 0.0235. The lowest BCUT2D eigenvalue weighted by atomic mass is 10.2. The maximum absolute atomic E-state index is 8.80. The third-order valence-electron chi connectivity index (χ3n) is 1.51. The molecule has 0 saturated carbocycles. The predicted octanol–water partition coefficient (Wildman–Crippen LogP) is 1.81. The standard InChI is InChI=1S/C9H11ClO3/c1-12-6-13-9-3-2-7(5-11)4-8(9)10/h2-4,11H,5-6H2,1H3. The van der Waals surface area contributed by atoms with Gasteiger partial charge in [-0.2, -0.15) is 0 Å². The molecule has 0 saturated heterocycles. The Balaban J connectivity index is 2.73. The largest absolute Gasteiger partial charge is 0.466 e. The van der Waals surface area contributed by atoms with Gasteiger partial charge in [0.1, 0.15) is 5.75 Å². The highest BCUT2D eigenvalue weighted by Gasteiger charge is 2.01. The van der Waals surface area contributed by atoms with Gasteiger partial charge in [0, 0.05) is 7.11 Å². The number of methoxy groups -OCH3 is 1. The molecule has 0 unspecified atom stereocenters. The van der Waals surface area contributed by atoms with E-state index in [9.17, 15) is 0 Å². The lowest BCUT2D eigenvalue weighted by Crippen LogP contribution is -1.99. The lowest BCUT2D eigenvalue weighted by molar-refractivity contribution is 0.0512. The van der Waals surface area contributed by atoms with E-state index in [1.807, 2.05) is 0 Å². The molecule has 1 aromatic carbocycles. The fraction of sp³-hybridized carbons (Fsp3) is 0.333. The van der Waals surface area contributed by atoms with Crippen LogP contribution in [0.5, 0.6) is 5.75 Å². The first-order valence-electron chi connectivity index (χ1n) is 3.79. The maximum Gasteiger partial charge on any atom is 0.188 e. The van der Waals surface area contributed by atoms with Gasteiger partial charge in [-0.3, -0.25) is 0 Å². The second-order valence-corrected chi connectivity index (χ2v) is 2.88. The molecule has 13 heavy (non-hydrogen) atoms. The van der Waals surface area contributed by atoms with Crippen molar-refractivity contribution >= 4 is 11.6 Å². The van der Waals surface area contributed by atoms with Crippen LogP contribution in [-0.4, -0.2) is 19.0 Å². The van der Waals surface area contributed by atoms with E-state index in [0.717, 1.165) is 5.56 Å². The van der Waals surface area contributed by atoms with Crippen LogP contribution in [0.4, 0.5) is 0 Å². The average molecular weight is 203 g/mol. The van der Waals surface area contributed by atoms with Crippen molar-refractivity contribution in [3.8, 4) is 5.75 Å². The molecule has 0 aliphatic carbocycles. The summed E-state index contributed by atoms with van der Waals surface area (Å²) in [5.74, 6) is 0.556. The Morgan fingerprint density at radius 2 is 2.23 bits per heavy atom. The Morgan fingerprint density at radius 3 is 2.77 bits per heavy atom. The Hall–Kier alpha value is -0.770. The second-order valence-electron chi connectivity index (χ2n) is 2.47. The predicted molar refractivity (Wildman–Crippen MR) is 49.9 cm³/mol. The molecule has 0 radical (unpaired) electrons. The first kappa shape index (κ1) is 10.3. The van der Waals surface area contributed by atoms with Gasteiger partial charge in [0.2, 0.25) is 0 Å². The molecule has 0 heterocycles. The van der Waals surface area contributed by atoms with Crippen molar-refractivity contribution < 1.29 is 14.6 Å². The highest BCUT2D eigenvalue weighted by Crippen LogP contribution is 2.25. The number of benzene rings is 1. The topological polar surface area (TPSA) is 38.7 Å². The van der Waals surface area contributed by atoms with Gasteiger partial charge in [-0.1, -0.05) is 17.7 Å². The number of aliphatic hydroxyl groups excluding tert-OH is 1. The van der Waals surface area contributed by atoms with Crippen molar-refractivity contribution in [3.63, 3.8) is 0 Å². The molecular weight excluding hydrogens is 192 g/mol. The summed E-state index contributed by atoms with van der Waals surface area (Å²) in [6.45, 7) is 0.141. The second kappa shape index (κ2) is 5.07. The number of halogens is 1. The zero-order valence-corrected chi connectivity index (χ0v) is 8.04. The van der Waals surface area contributed by atoms with Gasteiger partial charge in [-0.05, 0) is 17.7 Å². The Morgan fingerprint density at radius 1 is 1.46 bits per heavy atom. The molecule has 0 amide bonds. The zero-order chi connectivity index (χ0) is 9.68. The van der Waals surface area contributed by atoms with E-state index in [1.54, 1.807) is 18.2 Å². The van der Waals surface area contributed by atoms with E-state index in [1.165, 1.54) is 7.11 Å². The van der Waals surface area contributed by atoms with Crippen LogP contribution in [-0.2, 0) is 11.3 Å². The minimum atomic E-state index is -0.0235. The summed E-state index contributed by atoms with van der Waals surface area (Å²) in [6, 6.07) is 5.11. The lowest BCUT2D eigenvalue weighted by Gasteiger charge is -2.07. The van der Waals surface area contributed by atoms with Crippen molar-refractivity contribution in [1.29, 1.82) is 0 Å². The third-order valence-corrected chi connectivity index (χ3v) is 1.81. The van der Waals surface area contributed by atoms with E-state index in [4.69, 9.17) is 26.2 Å². The molecule has 0 aliphatic heterocycles. The SMILES string of the molecule is COCOc1ccc(CO)cc1Cl. The van der Waals surface area contributed by atoms with Crippen molar-refractivity contribution in [2.45, 2.75) is 6.61 Å². The van der Waals surface area contributed by atoms with E-state index in [0.29, 0.717) is 10.8 Å². The molecule has 0 aromatic heterocycles. The molecule has 0 bridgehead atoms. The smallest absolute Gasteiger partial charge is 0.188 e. The number of rotatable bonds is 4. The highest BCUT2D eigenvalue weighted by molar-refractivity contribution is 6.32.